The Bertz CT molecular complexity index is 414. The van der Waals surface area contributed by atoms with Crippen LogP contribution in [0.15, 0.2) is 18.2 Å². The lowest BCUT2D eigenvalue weighted by Gasteiger charge is -2.33. The Kier molecular flexibility index (Phi) is 4.08. The Balaban J connectivity index is 2.36. The Hall–Kier alpha value is -0.860. The maximum Gasteiger partial charge on any atom is 0.00907 e. The number of hydrogen-bond acceptors (Lipinski definition) is 2. The molecule has 0 saturated carbocycles. The van der Waals surface area contributed by atoms with Crippen molar-refractivity contribution in [3.63, 3.8) is 0 Å². The summed E-state index contributed by atoms with van der Waals surface area (Å²) in [6, 6.07) is 6.83. The molecular weight excluding hydrogens is 220 g/mol. The molecule has 1 heterocycles. The molecular formula is C16H26N2. The van der Waals surface area contributed by atoms with E-state index in [1.807, 2.05) is 0 Å². The van der Waals surface area contributed by atoms with Gasteiger partial charge in [-0.2, -0.15) is 0 Å². The molecule has 1 fully saturated rings. The van der Waals surface area contributed by atoms with Gasteiger partial charge in [0.05, 0.1) is 0 Å². The van der Waals surface area contributed by atoms with Gasteiger partial charge in [-0.25, -0.2) is 0 Å². The van der Waals surface area contributed by atoms with E-state index in [-0.39, 0.29) is 5.41 Å². The van der Waals surface area contributed by atoms with Crippen molar-refractivity contribution in [3.8, 4) is 0 Å². The minimum atomic E-state index is 0.197. The third-order valence-electron chi connectivity index (χ3n) is 4.51. The first-order valence-corrected chi connectivity index (χ1v) is 7.04. The molecule has 2 rings (SSSR count). The molecule has 100 valence electrons. The van der Waals surface area contributed by atoms with Crippen molar-refractivity contribution in [1.82, 2.24) is 4.90 Å². The number of likely N-dealkylation sites (tertiary alicyclic amines) is 1. The lowest BCUT2D eigenvalue weighted by Crippen LogP contribution is -2.36. The number of hydrogen-bond donors (Lipinski definition) is 1. The Morgan fingerprint density at radius 2 is 2.00 bits per heavy atom. The molecule has 1 aliphatic rings. The second-order valence-electron chi connectivity index (χ2n) is 5.96. The van der Waals surface area contributed by atoms with Crippen LogP contribution in [-0.4, -0.2) is 31.6 Å². The average Bonchev–Trinajstić information content (AvgIpc) is 2.52. The highest BCUT2D eigenvalue weighted by Crippen LogP contribution is 2.36. The van der Waals surface area contributed by atoms with Crippen molar-refractivity contribution in [1.29, 1.82) is 0 Å². The molecule has 1 aromatic rings. The molecule has 0 bridgehead atoms. The van der Waals surface area contributed by atoms with Crippen LogP contribution < -0.4 is 5.73 Å². The summed E-state index contributed by atoms with van der Waals surface area (Å²) in [5, 5.41) is 0. The van der Waals surface area contributed by atoms with E-state index in [2.05, 4.69) is 44.0 Å². The van der Waals surface area contributed by atoms with Gasteiger partial charge in [0, 0.05) is 12.0 Å². The molecule has 0 spiro atoms. The third-order valence-corrected chi connectivity index (χ3v) is 4.51. The van der Waals surface area contributed by atoms with Gasteiger partial charge in [-0.05, 0) is 64.4 Å². The van der Waals surface area contributed by atoms with E-state index in [9.17, 15) is 0 Å². The Morgan fingerprint density at radius 3 is 2.67 bits per heavy atom. The van der Waals surface area contributed by atoms with E-state index in [1.165, 1.54) is 42.5 Å². The molecule has 1 aromatic carbocycles. The van der Waals surface area contributed by atoms with Crippen molar-refractivity contribution < 1.29 is 0 Å². The van der Waals surface area contributed by atoms with Crippen LogP contribution in [0.1, 0.15) is 36.0 Å². The molecule has 0 aromatic heterocycles. The second kappa shape index (κ2) is 5.41. The molecule has 0 radical (unpaired) electrons. The molecule has 2 heteroatoms. The first kappa shape index (κ1) is 13.6. The fourth-order valence-electron chi connectivity index (χ4n) is 3.32. The molecule has 2 N–H and O–H groups in total. The van der Waals surface area contributed by atoms with Crippen LogP contribution in [0.2, 0.25) is 0 Å². The van der Waals surface area contributed by atoms with Gasteiger partial charge in [0.1, 0.15) is 0 Å². The van der Waals surface area contributed by atoms with Crippen LogP contribution in [0.4, 0.5) is 0 Å². The fourth-order valence-corrected chi connectivity index (χ4v) is 3.32. The highest BCUT2D eigenvalue weighted by atomic mass is 15.1. The molecule has 1 unspecified atom stereocenters. The van der Waals surface area contributed by atoms with Crippen molar-refractivity contribution in [2.24, 2.45) is 5.73 Å². The van der Waals surface area contributed by atoms with Crippen molar-refractivity contribution >= 4 is 0 Å². The molecule has 1 atom stereocenters. The van der Waals surface area contributed by atoms with Crippen molar-refractivity contribution in [2.75, 3.05) is 26.7 Å². The number of benzene rings is 1. The first-order valence-electron chi connectivity index (χ1n) is 7.04. The van der Waals surface area contributed by atoms with Gasteiger partial charge in [-0.3, -0.25) is 0 Å². The highest BCUT2D eigenvalue weighted by Gasteiger charge is 2.33. The monoisotopic (exact) mass is 246 g/mol. The summed E-state index contributed by atoms with van der Waals surface area (Å²) in [5.41, 5.74) is 10.6. The van der Waals surface area contributed by atoms with Crippen LogP contribution in [0.3, 0.4) is 0 Å². The van der Waals surface area contributed by atoms with Crippen LogP contribution in [0, 0.1) is 13.8 Å². The summed E-state index contributed by atoms with van der Waals surface area (Å²) in [4.78, 5) is 2.43. The smallest absolute Gasteiger partial charge is 0.00907 e. The summed E-state index contributed by atoms with van der Waals surface area (Å²) in [6.45, 7) is 7.52. The molecule has 0 aliphatic carbocycles. The summed E-state index contributed by atoms with van der Waals surface area (Å²) in [5.74, 6) is 0. The number of nitrogens with zero attached hydrogens (tertiary/aromatic N) is 1. The quantitative estimate of drug-likeness (QED) is 0.869. The topological polar surface area (TPSA) is 29.3 Å². The summed E-state index contributed by atoms with van der Waals surface area (Å²) in [6.07, 6.45) is 3.66. The van der Waals surface area contributed by atoms with Gasteiger partial charge in [0.2, 0.25) is 0 Å². The minimum Gasteiger partial charge on any atom is -0.330 e. The maximum atomic E-state index is 6.17. The van der Waals surface area contributed by atoms with E-state index in [1.54, 1.807) is 0 Å². The molecule has 0 amide bonds. The standard InChI is InChI=1S/C16H26N2/c1-13-5-6-15(14(2)11-13)16(12-17)7-4-9-18(3)10-8-16/h5-6,11H,4,7-10,12,17H2,1-3H3. The van der Waals surface area contributed by atoms with Gasteiger partial charge < -0.3 is 10.6 Å². The van der Waals surface area contributed by atoms with E-state index < -0.39 is 0 Å². The van der Waals surface area contributed by atoms with Crippen LogP contribution in [0.5, 0.6) is 0 Å². The van der Waals surface area contributed by atoms with Crippen molar-refractivity contribution in [3.05, 3.63) is 34.9 Å². The maximum absolute atomic E-state index is 6.17. The molecule has 2 nitrogen and oxygen atoms in total. The van der Waals surface area contributed by atoms with Gasteiger partial charge in [0.15, 0.2) is 0 Å². The SMILES string of the molecule is Cc1ccc(C2(CN)CCCN(C)CC2)c(C)c1. The summed E-state index contributed by atoms with van der Waals surface area (Å²) in [7, 11) is 2.22. The van der Waals surface area contributed by atoms with Gasteiger partial charge in [-0.1, -0.05) is 23.8 Å². The van der Waals surface area contributed by atoms with Crippen molar-refractivity contribution in [2.45, 2.75) is 38.5 Å². The zero-order valence-corrected chi connectivity index (χ0v) is 12.0. The summed E-state index contributed by atoms with van der Waals surface area (Å²) < 4.78 is 0. The van der Waals surface area contributed by atoms with Gasteiger partial charge in [-0.15, -0.1) is 0 Å². The van der Waals surface area contributed by atoms with E-state index in [0.29, 0.717) is 0 Å². The zero-order chi connectivity index (χ0) is 13.2. The van der Waals surface area contributed by atoms with E-state index in [0.717, 1.165) is 13.1 Å². The normalized spacial score (nSPS) is 26.0. The minimum absolute atomic E-state index is 0.197. The number of aryl methyl sites for hydroxylation is 2. The highest BCUT2D eigenvalue weighted by molar-refractivity contribution is 5.37. The number of rotatable bonds is 2. The lowest BCUT2D eigenvalue weighted by atomic mass is 9.73. The van der Waals surface area contributed by atoms with E-state index in [4.69, 9.17) is 5.73 Å². The number of nitrogens with two attached hydrogens (primary N) is 1. The van der Waals surface area contributed by atoms with Gasteiger partial charge >= 0.3 is 0 Å². The van der Waals surface area contributed by atoms with Crippen LogP contribution in [-0.2, 0) is 5.41 Å². The Morgan fingerprint density at radius 1 is 1.22 bits per heavy atom. The summed E-state index contributed by atoms with van der Waals surface area (Å²) >= 11 is 0. The molecule has 18 heavy (non-hydrogen) atoms. The molecule has 1 saturated heterocycles. The predicted octanol–water partition coefficient (Wildman–Crippen LogP) is 2.62. The second-order valence-corrected chi connectivity index (χ2v) is 5.96. The van der Waals surface area contributed by atoms with Crippen LogP contribution in [0.25, 0.3) is 0 Å². The molecule has 1 aliphatic heterocycles. The van der Waals surface area contributed by atoms with Crippen LogP contribution >= 0.6 is 0 Å². The predicted molar refractivity (Wildman–Crippen MR) is 78.0 cm³/mol. The average molecular weight is 246 g/mol. The van der Waals surface area contributed by atoms with E-state index >= 15 is 0 Å². The largest absolute Gasteiger partial charge is 0.330 e. The lowest BCUT2D eigenvalue weighted by molar-refractivity contribution is 0.328. The third kappa shape index (κ3) is 2.60. The fraction of sp³-hybridized carbons (Fsp3) is 0.625. The first-order chi connectivity index (χ1) is 8.57. The van der Waals surface area contributed by atoms with Gasteiger partial charge in [0.25, 0.3) is 0 Å². The Labute approximate surface area is 111 Å². The zero-order valence-electron chi connectivity index (χ0n) is 12.0.